The molecule has 3 rings (SSSR count). The number of aliphatic hydroxyl groups is 1. The number of β-amino-alcohol motifs (C(OH)–C–C–N with tert-alkyl or cyclic N) is 1. The highest BCUT2D eigenvalue weighted by atomic mass is 35.5. The first-order valence-corrected chi connectivity index (χ1v) is 7.23. The molecule has 3 heterocycles. The number of hydrogen-bond donors (Lipinski definition) is 2. The normalized spacial score (nSPS) is 23.6. The maximum atomic E-state index is 12.1. The number of hydrogen-bond acceptors (Lipinski definition) is 5. The van der Waals surface area contributed by atoms with E-state index < -0.39 is 6.10 Å². The number of aliphatic hydroxyl groups excluding tert-OH is 1. The first kappa shape index (κ1) is 14.5. The number of fused-ring (bicyclic) bond motifs is 1. The third-order valence-corrected chi connectivity index (χ3v) is 3.82. The van der Waals surface area contributed by atoms with E-state index in [0.29, 0.717) is 42.4 Å². The van der Waals surface area contributed by atoms with E-state index in [9.17, 15) is 9.90 Å². The predicted octanol–water partition coefficient (Wildman–Crippen LogP) is 0.242. The molecule has 1 fully saturated rings. The van der Waals surface area contributed by atoms with Crippen molar-refractivity contribution in [3.8, 4) is 0 Å². The minimum absolute atomic E-state index is 0.0471. The van der Waals surface area contributed by atoms with Gasteiger partial charge in [0.25, 0.3) is 5.56 Å². The lowest BCUT2D eigenvalue weighted by atomic mass is 10.0. The van der Waals surface area contributed by atoms with Crippen molar-refractivity contribution >= 4 is 17.2 Å². The lowest BCUT2D eigenvalue weighted by molar-refractivity contribution is 0.0559. The molecule has 112 valence electrons. The fourth-order valence-electron chi connectivity index (χ4n) is 2.77. The Morgan fingerprint density at radius 2 is 2.24 bits per heavy atom. The fraction of sp³-hybridized carbons (Fsp3) is 0.429. The minimum atomic E-state index is -0.422. The van der Waals surface area contributed by atoms with Crippen molar-refractivity contribution in [1.82, 2.24) is 14.3 Å². The van der Waals surface area contributed by atoms with Crippen LogP contribution in [0.5, 0.6) is 0 Å². The molecule has 0 bridgehead atoms. The fourth-order valence-corrected chi connectivity index (χ4v) is 2.93. The lowest BCUT2D eigenvalue weighted by Crippen LogP contribution is -2.48. The van der Waals surface area contributed by atoms with Crippen LogP contribution in [0.15, 0.2) is 29.2 Å². The van der Waals surface area contributed by atoms with Crippen molar-refractivity contribution in [1.29, 1.82) is 0 Å². The number of nitrogens with two attached hydrogens (primary N) is 1. The summed E-state index contributed by atoms with van der Waals surface area (Å²) in [7, 11) is 0. The van der Waals surface area contributed by atoms with Crippen molar-refractivity contribution in [2.45, 2.75) is 25.1 Å². The number of aromatic nitrogens is 2. The molecule has 0 aromatic carbocycles. The van der Waals surface area contributed by atoms with Gasteiger partial charge in [0.1, 0.15) is 5.65 Å². The topological polar surface area (TPSA) is 83.9 Å². The lowest BCUT2D eigenvalue weighted by Gasteiger charge is -2.33. The maximum Gasteiger partial charge on any atom is 0.258 e. The number of nitrogens with zero attached hydrogens (tertiary/aromatic N) is 3. The summed E-state index contributed by atoms with van der Waals surface area (Å²) in [4.78, 5) is 18.6. The highest BCUT2D eigenvalue weighted by Crippen LogP contribution is 2.13. The van der Waals surface area contributed by atoms with Gasteiger partial charge < -0.3 is 10.8 Å². The van der Waals surface area contributed by atoms with Gasteiger partial charge >= 0.3 is 0 Å². The molecule has 0 radical (unpaired) electrons. The van der Waals surface area contributed by atoms with E-state index in [-0.39, 0.29) is 11.6 Å². The molecule has 0 spiro atoms. The number of halogens is 1. The van der Waals surface area contributed by atoms with Gasteiger partial charge in [0.15, 0.2) is 0 Å². The molecule has 21 heavy (non-hydrogen) atoms. The van der Waals surface area contributed by atoms with Gasteiger partial charge in [-0.3, -0.25) is 14.1 Å². The number of likely N-dealkylation sites (tertiary alicyclic amines) is 1. The van der Waals surface area contributed by atoms with Gasteiger partial charge in [-0.1, -0.05) is 11.6 Å². The Labute approximate surface area is 126 Å². The first-order chi connectivity index (χ1) is 10.0. The second-order valence-corrected chi connectivity index (χ2v) is 5.94. The summed E-state index contributed by atoms with van der Waals surface area (Å²) in [5.74, 6) is 0. The van der Waals surface area contributed by atoms with E-state index >= 15 is 0 Å². The van der Waals surface area contributed by atoms with Crippen LogP contribution in [0.4, 0.5) is 0 Å². The summed E-state index contributed by atoms with van der Waals surface area (Å²) in [5, 5.41) is 10.3. The van der Waals surface area contributed by atoms with Gasteiger partial charge in [-0.25, -0.2) is 4.98 Å². The standard InChI is InChI=1S/C14H17ClN4O2/c15-9-1-2-13-17-11(4-14(21)19(13)5-9)7-18-6-10(16)3-12(20)8-18/h1-2,4-5,10,12,20H,3,6-8,16H2/t10-,12+/m0/s1. The van der Waals surface area contributed by atoms with Crippen molar-refractivity contribution in [2.75, 3.05) is 13.1 Å². The molecule has 0 amide bonds. The summed E-state index contributed by atoms with van der Waals surface area (Å²) >= 11 is 5.88. The van der Waals surface area contributed by atoms with E-state index in [1.165, 1.54) is 10.5 Å². The Morgan fingerprint density at radius 1 is 1.43 bits per heavy atom. The number of pyridine rings is 1. The molecule has 2 aromatic rings. The molecule has 0 saturated carbocycles. The van der Waals surface area contributed by atoms with Gasteiger partial charge in [-0.05, 0) is 18.6 Å². The van der Waals surface area contributed by atoms with Crippen molar-refractivity contribution in [2.24, 2.45) is 5.73 Å². The third-order valence-electron chi connectivity index (χ3n) is 3.60. The SMILES string of the molecule is N[C@H]1C[C@@H](O)CN(Cc2cc(=O)n3cc(Cl)ccc3n2)C1. The summed E-state index contributed by atoms with van der Waals surface area (Å²) in [6.07, 6.45) is 1.74. The van der Waals surface area contributed by atoms with Crippen molar-refractivity contribution in [3.05, 3.63) is 45.5 Å². The first-order valence-electron chi connectivity index (χ1n) is 6.85. The molecular weight excluding hydrogens is 292 g/mol. The smallest absolute Gasteiger partial charge is 0.258 e. The molecule has 0 unspecified atom stereocenters. The van der Waals surface area contributed by atoms with Gasteiger partial charge in [0.2, 0.25) is 0 Å². The van der Waals surface area contributed by atoms with Gasteiger partial charge in [0.05, 0.1) is 16.8 Å². The van der Waals surface area contributed by atoms with E-state index in [1.807, 2.05) is 4.90 Å². The second-order valence-electron chi connectivity index (χ2n) is 5.50. The van der Waals surface area contributed by atoms with Crippen LogP contribution >= 0.6 is 11.6 Å². The monoisotopic (exact) mass is 308 g/mol. The molecule has 1 aliphatic heterocycles. The van der Waals surface area contributed by atoms with E-state index in [0.717, 1.165) is 0 Å². The Hall–Kier alpha value is -1.47. The zero-order valence-corrected chi connectivity index (χ0v) is 12.2. The largest absolute Gasteiger partial charge is 0.392 e. The Bertz CT molecular complexity index is 708. The van der Waals surface area contributed by atoms with Crippen molar-refractivity contribution < 1.29 is 5.11 Å². The zero-order valence-electron chi connectivity index (χ0n) is 11.4. The average molecular weight is 309 g/mol. The maximum absolute atomic E-state index is 12.1. The predicted molar refractivity (Wildman–Crippen MR) is 80.3 cm³/mol. The van der Waals surface area contributed by atoms with Crippen LogP contribution in [0.1, 0.15) is 12.1 Å². The molecule has 1 aliphatic rings. The van der Waals surface area contributed by atoms with Crippen LogP contribution < -0.4 is 11.3 Å². The van der Waals surface area contributed by atoms with Crippen LogP contribution in [0.25, 0.3) is 5.65 Å². The minimum Gasteiger partial charge on any atom is -0.392 e. The van der Waals surface area contributed by atoms with E-state index in [1.54, 1.807) is 18.3 Å². The van der Waals surface area contributed by atoms with E-state index in [2.05, 4.69) is 4.98 Å². The molecule has 2 aromatic heterocycles. The quantitative estimate of drug-likeness (QED) is 0.830. The molecule has 3 N–H and O–H groups in total. The average Bonchev–Trinajstić information content (AvgIpc) is 2.38. The molecule has 0 aliphatic carbocycles. The van der Waals surface area contributed by atoms with Gasteiger partial charge in [0, 0.05) is 37.9 Å². The molecule has 7 heteroatoms. The van der Waals surface area contributed by atoms with Crippen LogP contribution in [0, 0.1) is 0 Å². The van der Waals surface area contributed by atoms with Crippen LogP contribution in [-0.2, 0) is 6.54 Å². The summed E-state index contributed by atoms with van der Waals surface area (Å²) in [6.45, 7) is 1.74. The molecule has 6 nitrogen and oxygen atoms in total. The summed E-state index contributed by atoms with van der Waals surface area (Å²) < 4.78 is 1.42. The summed E-state index contributed by atoms with van der Waals surface area (Å²) in [6, 6.07) is 4.86. The number of rotatable bonds is 2. The third kappa shape index (κ3) is 3.24. The van der Waals surface area contributed by atoms with Crippen LogP contribution in [0.2, 0.25) is 5.02 Å². The Balaban J connectivity index is 1.87. The molecular formula is C14H17ClN4O2. The molecule has 1 saturated heterocycles. The van der Waals surface area contributed by atoms with Gasteiger partial charge in [-0.2, -0.15) is 0 Å². The number of piperidine rings is 1. The Kier molecular flexibility index (Phi) is 3.95. The van der Waals surface area contributed by atoms with E-state index in [4.69, 9.17) is 17.3 Å². The van der Waals surface area contributed by atoms with Crippen molar-refractivity contribution in [3.63, 3.8) is 0 Å². The van der Waals surface area contributed by atoms with Crippen LogP contribution in [-0.4, -0.2) is 44.6 Å². The molecule has 2 atom stereocenters. The summed E-state index contributed by atoms with van der Waals surface area (Å²) in [5.41, 5.74) is 6.97. The highest BCUT2D eigenvalue weighted by molar-refractivity contribution is 6.30. The zero-order chi connectivity index (χ0) is 15.0. The Morgan fingerprint density at radius 3 is 3.00 bits per heavy atom. The van der Waals surface area contributed by atoms with Gasteiger partial charge in [-0.15, -0.1) is 0 Å². The second kappa shape index (κ2) is 5.73. The highest BCUT2D eigenvalue weighted by Gasteiger charge is 2.23. The van der Waals surface area contributed by atoms with Crippen LogP contribution in [0.3, 0.4) is 0 Å².